The van der Waals surface area contributed by atoms with Gasteiger partial charge in [-0.3, -0.25) is 9.47 Å². The van der Waals surface area contributed by atoms with Crippen molar-refractivity contribution in [3.8, 4) is 5.75 Å². The number of fused-ring (bicyclic) bond motifs is 1. The summed E-state index contributed by atoms with van der Waals surface area (Å²) >= 11 is 0. The smallest absolute Gasteiger partial charge is 0.419 e. The number of nitrogens with zero attached hydrogens (tertiary/aromatic N) is 2. The highest BCUT2D eigenvalue weighted by Gasteiger charge is 2.31. The van der Waals surface area contributed by atoms with E-state index in [1.54, 1.807) is 30.0 Å². The van der Waals surface area contributed by atoms with Gasteiger partial charge in [0, 0.05) is 36.3 Å². The van der Waals surface area contributed by atoms with E-state index in [0.29, 0.717) is 31.5 Å². The van der Waals surface area contributed by atoms with Crippen molar-refractivity contribution in [2.45, 2.75) is 64.8 Å². The molecule has 0 spiro atoms. The first kappa shape index (κ1) is 26.7. The van der Waals surface area contributed by atoms with Gasteiger partial charge in [0.1, 0.15) is 11.4 Å². The monoisotopic (exact) mass is 508 g/mol. The van der Waals surface area contributed by atoms with Gasteiger partial charge in [-0.2, -0.15) is 0 Å². The van der Waals surface area contributed by atoms with Crippen LogP contribution in [0.2, 0.25) is 0 Å². The van der Waals surface area contributed by atoms with Crippen molar-refractivity contribution >= 4 is 23.0 Å². The second-order valence-electron chi connectivity index (χ2n) is 10.6. The molecule has 1 saturated heterocycles. The number of ether oxygens (including phenoxy) is 3. The molecular weight excluding hydrogens is 472 g/mol. The zero-order valence-electron chi connectivity index (χ0n) is 22.4. The van der Waals surface area contributed by atoms with Gasteiger partial charge in [0.2, 0.25) is 0 Å². The molecule has 1 fully saturated rings. The van der Waals surface area contributed by atoms with Crippen LogP contribution in [-0.4, -0.2) is 59.1 Å². The Kier molecular flexibility index (Phi) is 7.62. The molecule has 2 heterocycles. The van der Waals surface area contributed by atoms with E-state index in [0.717, 1.165) is 33.3 Å². The Bertz CT molecular complexity index is 1290. The van der Waals surface area contributed by atoms with E-state index in [1.165, 1.54) is 7.11 Å². The van der Waals surface area contributed by atoms with Crippen molar-refractivity contribution in [3.05, 3.63) is 64.8 Å². The fourth-order valence-electron chi connectivity index (χ4n) is 5.07. The Balaban J connectivity index is 1.72. The largest absolute Gasteiger partial charge is 0.496 e. The fraction of sp³-hybridized carbons (Fsp3) is 0.448. The van der Waals surface area contributed by atoms with Crippen molar-refractivity contribution in [1.82, 2.24) is 9.47 Å². The minimum Gasteiger partial charge on any atom is -0.496 e. The third kappa shape index (κ3) is 5.65. The lowest BCUT2D eigenvalue weighted by Crippen LogP contribution is -2.38. The number of carbonyl (C=O) groups is 2. The number of aliphatic hydroxyl groups excluding tert-OH is 1. The normalized spacial score (nSPS) is 18.6. The first-order valence-corrected chi connectivity index (χ1v) is 12.5. The number of hydrogen-bond donors (Lipinski definition) is 1. The van der Waals surface area contributed by atoms with Crippen LogP contribution < -0.4 is 4.74 Å². The van der Waals surface area contributed by atoms with E-state index in [2.05, 4.69) is 4.90 Å². The summed E-state index contributed by atoms with van der Waals surface area (Å²) in [7, 11) is 3.01. The van der Waals surface area contributed by atoms with Crippen LogP contribution in [0.25, 0.3) is 10.9 Å². The fourth-order valence-corrected chi connectivity index (χ4v) is 5.07. The molecule has 198 valence electrons. The molecule has 0 unspecified atom stereocenters. The molecule has 4 rings (SSSR count). The maximum absolute atomic E-state index is 13.0. The number of piperidine rings is 1. The highest BCUT2D eigenvalue weighted by Crippen LogP contribution is 2.38. The topological polar surface area (TPSA) is 90.2 Å². The van der Waals surface area contributed by atoms with Crippen LogP contribution >= 0.6 is 0 Å². The number of aliphatic hydroxyl groups is 1. The molecule has 37 heavy (non-hydrogen) atoms. The number of benzene rings is 2. The van der Waals surface area contributed by atoms with E-state index >= 15 is 0 Å². The van der Waals surface area contributed by atoms with Crippen LogP contribution in [0.5, 0.6) is 5.75 Å². The first-order chi connectivity index (χ1) is 17.5. The van der Waals surface area contributed by atoms with Crippen molar-refractivity contribution in [2.24, 2.45) is 0 Å². The van der Waals surface area contributed by atoms with Crippen LogP contribution in [0, 0.1) is 6.92 Å². The molecule has 0 aliphatic carbocycles. The summed E-state index contributed by atoms with van der Waals surface area (Å²) < 4.78 is 17.8. The number of esters is 1. The lowest BCUT2D eigenvalue weighted by Gasteiger charge is -2.38. The SMILES string of the molecule is COC(=O)c1ccc([C@H]2C[C@@H](O)CCN2Cc2c(OC)cc(C)c3c2ccn3C(=O)OC(C)(C)C)cc1. The van der Waals surface area contributed by atoms with E-state index in [4.69, 9.17) is 14.2 Å². The second-order valence-corrected chi connectivity index (χ2v) is 10.6. The predicted molar refractivity (Wildman–Crippen MR) is 141 cm³/mol. The number of aromatic nitrogens is 1. The van der Waals surface area contributed by atoms with Crippen LogP contribution in [0.15, 0.2) is 42.6 Å². The number of methoxy groups -OCH3 is 2. The summed E-state index contributed by atoms with van der Waals surface area (Å²) in [5.74, 6) is 0.367. The van der Waals surface area contributed by atoms with Crippen LogP contribution in [0.4, 0.5) is 4.79 Å². The average molecular weight is 509 g/mol. The van der Waals surface area contributed by atoms with Gasteiger partial charge < -0.3 is 19.3 Å². The molecule has 0 radical (unpaired) electrons. The molecule has 0 amide bonds. The molecule has 2 aromatic carbocycles. The number of hydrogen-bond acceptors (Lipinski definition) is 7. The summed E-state index contributed by atoms with van der Waals surface area (Å²) in [4.78, 5) is 27.2. The lowest BCUT2D eigenvalue weighted by atomic mass is 9.91. The Labute approximate surface area is 217 Å². The summed E-state index contributed by atoms with van der Waals surface area (Å²) in [6.45, 7) is 8.75. The molecule has 2 atom stereocenters. The molecule has 0 bridgehead atoms. The lowest BCUT2D eigenvalue weighted by molar-refractivity contribution is 0.0362. The molecule has 1 aromatic heterocycles. The highest BCUT2D eigenvalue weighted by atomic mass is 16.6. The van der Waals surface area contributed by atoms with Crippen molar-refractivity contribution < 1.29 is 28.9 Å². The summed E-state index contributed by atoms with van der Waals surface area (Å²) in [5.41, 5.74) is 3.57. The highest BCUT2D eigenvalue weighted by molar-refractivity contribution is 5.95. The average Bonchev–Trinajstić information content (AvgIpc) is 3.31. The first-order valence-electron chi connectivity index (χ1n) is 12.5. The number of carbonyl (C=O) groups excluding carboxylic acids is 2. The quantitative estimate of drug-likeness (QED) is 0.472. The van der Waals surface area contributed by atoms with Gasteiger partial charge in [0.05, 0.1) is 31.4 Å². The summed E-state index contributed by atoms with van der Waals surface area (Å²) in [6.07, 6.45) is 2.15. The van der Waals surface area contributed by atoms with Gasteiger partial charge in [-0.25, -0.2) is 9.59 Å². The minimum absolute atomic E-state index is 0.0514. The summed E-state index contributed by atoms with van der Waals surface area (Å²) in [5, 5.41) is 11.4. The van der Waals surface area contributed by atoms with Gasteiger partial charge in [-0.15, -0.1) is 0 Å². The Hall–Kier alpha value is -3.36. The van der Waals surface area contributed by atoms with Gasteiger partial charge >= 0.3 is 12.1 Å². The zero-order chi connectivity index (χ0) is 26.9. The predicted octanol–water partition coefficient (Wildman–Crippen LogP) is 5.23. The standard InChI is InChI=1S/C29H36N2O6/c1-18-15-25(35-5)23(22-12-14-31(26(18)22)28(34)37-29(2,3)4)17-30-13-11-21(32)16-24(30)19-7-9-20(10-8-19)27(33)36-6/h7-10,12,14-15,21,24,32H,11,13,16-17H2,1-6H3/t21-,24+/m0/s1. The van der Waals surface area contributed by atoms with Crippen molar-refractivity contribution in [2.75, 3.05) is 20.8 Å². The Morgan fingerprint density at radius 1 is 1.11 bits per heavy atom. The van der Waals surface area contributed by atoms with Crippen LogP contribution in [-0.2, 0) is 16.0 Å². The van der Waals surface area contributed by atoms with Crippen molar-refractivity contribution in [3.63, 3.8) is 0 Å². The molecular formula is C29H36N2O6. The number of likely N-dealkylation sites (tertiary alicyclic amines) is 1. The molecule has 8 heteroatoms. The van der Waals surface area contributed by atoms with E-state index in [1.807, 2.05) is 52.0 Å². The van der Waals surface area contributed by atoms with Crippen molar-refractivity contribution in [1.29, 1.82) is 0 Å². The third-order valence-corrected chi connectivity index (χ3v) is 6.80. The number of aryl methyl sites for hydroxylation is 1. The molecule has 8 nitrogen and oxygen atoms in total. The third-order valence-electron chi connectivity index (χ3n) is 6.80. The van der Waals surface area contributed by atoms with Gasteiger partial charge in [-0.1, -0.05) is 12.1 Å². The molecule has 0 saturated carbocycles. The van der Waals surface area contributed by atoms with Gasteiger partial charge in [0.15, 0.2) is 0 Å². The maximum Gasteiger partial charge on any atom is 0.419 e. The van der Waals surface area contributed by atoms with E-state index in [-0.39, 0.29) is 12.0 Å². The molecule has 3 aromatic rings. The zero-order valence-corrected chi connectivity index (χ0v) is 22.4. The number of rotatable bonds is 5. The van der Waals surface area contributed by atoms with Crippen LogP contribution in [0.3, 0.4) is 0 Å². The Morgan fingerprint density at radius 2 is 1.81 bits per heavy atom. The molecule has 1 aliphatic rings. The van der Waals surface area contributed by atoms with Gasteiger partial charge in [-0.05, 0) is 75.9 Å². The summed E-state index contributed by atoms with van der Waals surface area (Å²) in [6, 6.07) is 11.2. The minimum atomic E-state index is -0.609. The van der Waals surface area contributed by atoms with Crippen LogP contribution in [0.1, 0.15) is 66.7 Å². The maximum atomic E-state index is 13.0. The van der Waals surface area contributed by atoms with E-state index in [9.17, 15) is 14.7 Å². The molecule has 1 N–H and O–H groups in total. The second kappa shape index (κ2) is 10.6. The van der Waals surface area contributed by atoms with Gasteiger partial charge in [0.25, 0.3) is 0 Å². The molecule has 1 aliphatic heterocycles. The Morgan fingerprint density at radius 3 is 2.43 bits per heavy atom. The van der Waals surface area contributed by atoms with E-state index < -0.39 is 17.8 Å².